The van der Waals surface area contributed by atoms with Crippen molar-refractivity contribution >= 4 is 43.6 Å². The maximum atomic E-state index is 9.94. The summed E-state index contributed by atoms with van der Waals surface area (Å²) in [5.41, 5.74) is 9.25. The van der Waals surface area contributed by atoms with Gasteiger partial charge in [0.05, 0.1) is 45.1 Å². The molecule has 0 saturated heterocycles. The van der Waals surface area contributed by atoms with E-state index in [1.54, 1.807) is 0 Å². The predicted molar refractivity (Wildman–Crippen MR) is 163 cm³/mol. The molecule has 0 aliphatic rings. The van der Waals surface area contributed by atoms with Gasteiger partial charge in [-0.25, -0.2) is 0 Å². The highest BCUT2D eigenvalue weighted by molar-refractivity contribution is 6.11. The summed E-state index contributed by atoms with van der Waals surface area (Å²) in [6.45, 7) is 0. The summed E-state index contributed by atoms with van der Waals surface area (Å²) in [4.78, 5) is 4.42. The summed E-state index contributed by atoms with van der Waals surface area (Å²) in [5.74, 6) is 0. The molecule has 5 aromatic carbocycles. The molecule has 0 fully saturated rings. The highest BCUT2D eigenvalue weighted by Crippen LogP contribution is 2.40. The third-order valence-electron chi connectivity index (χ3n) is 7.86. The molecular weight excluding hydrogens is 488 g/mol. The Morgan fingerprint density at radius 3 is 1.68 bits per heavy atom. The van der Waals surface area contributed by atoms with Crippen molar-refractivity contribution in [3.05, 3.63) is 139 Å². The SMILES string of the molecule is N#Cc1ccc(-n2c3ccccc3c3cnccc32)c(-c2ccccc2-n2c3ccccc3c3ccccc32)c1. The molecule has 40 heavy (non-hydrogen) atoms. The second kappa shape index (κ2) is 8.69. The second-order valence-corrected chi connectivity index (χ2v) is 9.98. The first-order chi connectivity index (χ1) is 19.8. The van der Waals surface area contributed by atoms with Crippen molar-refractivity contribution in [2.24, 2.45) is 0 Å². The number of fused-ring (bicyclic) bond motifs is 6. The zero-order valence-electron chi connectivity index (χ0n) is 21.5. The largest absolute Gasteiger partial charge is 0.309 e. The fourth-order valence-corrected chi connectivity index (χ4v) is 6.17. The van der Waals surface area contributed by atoms with Gasteiger partial charge in [0.1, 0.15) is 0 Å². The van der Waals surface area contributed by atoms with Crippen LogP contribution in [0.1, 0.15) is 5.56 Å². The Morgan fingerprint density at radius 2 is 1.02 bits per heavy atom. The van der Waals surface area contributed by atoms with Crippen LogP contribution in [0.2, 0.25) is 0 Å². The second-order valence-electron chi connectivity index (χ2n) is 9.98. The van der Waals surface area contributed by atoms with Gasteiger partial charge in [0, 0.05) is 45.1 Å². The third-order valence-corrected chi connectivity index (χ3v) is 7.86. The summed E-state index contributed by atoms with van der Waals surface area (Å²) in [6, 6.07) is 44.5. The third kappa shape index (κ3) is 3.15. The fraction of sp³-hybridized carbons (Fsp3) is 0. The minimum absolute atomic E-state index is 0.623. The average Bonchev–Trinajstić information content (AvgIpc) is 3.54. The van der Waals surface area contributed by atoms with Crippen LogP contribution in [-0.2, 0) is 0 Å². The van der Waals surface area contributed by atoms with Crippen molar-refractivity contribution in [1.29, 1.82) is 5.26 Å². The number of para-hydroxylation sites is 4. The van der Waals surface area contributed by atoms with Gasteiger partial charge < -0.3 is 9.13 Å². The predicted octanol–water partition coefficient (Wildman–Crippen LogP) is 8.81. The lowest BCUT2D eigenvalue weighted by Crippen LogP contribution is -2.02. The monoisotopic (exact) mass is 510 g/mol. The molecule has 4 nitrogen and oxygen atoms in total. The van der Waals surface area contributed by atoms with Crippen LogP contribution in [0.5, 0.6) is 0 Å². The van der Waals surface area contributed by atoms with Crippen LogP contribution in [0.15, 0.2) is 134 Å². The fourth-order valence-electron chi connectivity index (χ4n) is 6.17. The Morgan fingerprint density at radius 1 is 0.500 bits per heavy atom. The van der Waals surface area contributed by atoms with E-state index in [2.05, 4.69) is 129 Å². The number of nitriles is 1. The number of nitrogens with zero attached hydrogens (tertiary/aromatic N) is 4. The molecule has 8 aromatic rings. The summed E-state index contributed by atoms with van der Waals surface area (Å²) < 4.78 is 4.64. The quantitative estimate of drug-likeness (QED) is 0.238. The molecule has 3 heterocycles. The molecule has 0 spiro atoms. The Balaban J connectivity index is 1.50. The molecule has 4 heteroatoms. The first kappa shape index (κ1) is 22.3. The van der Waals surface area contributed by atoms with Crippen LogP contribution in [0.25, 0.3) is 66.1 Å². The number of aromatic nitrogens is 3. The molecule has 0 aliphatic heterocycles. The van der Waals surface area contributed by atoms with Crippen molar-refractivity contribution < 1.29 is 0 Å². The normalized spacial score (nSPS) is 11.5. The van der Waals surface area contributed by atoms with Crippen molar-refractivity contribution in [2.45, 2.75) is 0 Å². The van der Waals surface area contributed by atoms with E-state index in [0.29, 0.717) is 5.56 Å². The van der Waals surface area contributed by atoms with Crippen molar-refractivity contribution in [3.8, 4) is 28.6 Å². The van der Waals surface area contributed by atoms with Gasteiger partial charge in [-0.05, 0) is 48.5 Å². The van der Waals surface area contributed by atoms with Gasteiger partial charge in [-0.3, -0.25) is 4.98 Å². The van der Waals surface area contributed by atoms with Crippen LogP contribution < -0.4 is 0 Å². The molecule has 0 saturated carbocycles. The zero-order chi connectivity index (χ0) is 26.6. The summed E-state index contributed by atoms with van der Waals surface area (Å²) in [5, 5.41) is 14.6. The van der Waals surface area contributed by atoms with Crippen LogP contribution in [0.3, 0.4) is 0 Å². The Kier molecular flexibility index (Phi) is 4.85. The summed E-state index contributed by atoms with van der Waals surface area (Å²) in [6.07, 6.45) is 3.77. The Labute approximate surface area is 230 Å². The number of rotatable bonds is 3. The van der Waals surface area contributed by atoms with Crippen molar-refractivity contribution in [3.63, 3.8) is 0 Å². The number of pyridine rings is 1. The van der Waals surface area contributed by atoms with E-state index in [-0.39, 0.29) is 0 Å². The van der Waals surface area contributed by atoms with Crippen LogP contribution in [0, 0.1) is 11.3 Å². The molecule has 0 aliphatic carbocycles. The minimum atomic E-state index is 0.623. The van der Waals surface area contributed by atoms with E-state index in [1.807, 2.05) is 24.5 Å². The van der Waals surface area contributed by atoms with Gasteiger partial charge in [-0.15, -0.1) is 0 Å². The van der Waals surface area contributed by atoms with Gasteiger partial charge in [-0.2, -0.15) is 5.26 Å². The molecule has 0 N–H and O–H groups in total. The lowest BCUT2D eigenvalue weighted by molar-refractivity contribution is 1.16. The van der Waals surface area contributed by atoms with Gasteiger partial charge >= 0.3 is 0 Å². The topological polar surface area (TPSA) is 46.5 Å². The van der Waals surface area contributed by atoms with Crippen LogP contribution in [0.4, 0.5) is 0 Å². The number of hydrogen-bond donors (Lipinski definition) is 0. The molecule has 0 amide bonds. The molecule has 0 atom stereocenters. The van der Waals surface area contributed by atoms with Gasteiger partial charge in [0.15, 0.2) is 0 Å². The van der Waals surface area contributed by atoms with Gasteiger partial charge in [0.25, 0.3) is 0 Å². The maximum absolute atomic E-state index is 9.94. The minimum Gasteiger partial charge on any atom is -0.309 e. The molecule has 0 radical (unpaired) electrons. The van der Waals surface area contributed by atoms with E-state index < -0.39 is 0 Å². The average molecular weight is 511 g/mol. The summed E-state index contributed by atoms with van der Waals surface area (Å²) in [7, 11) is 0. The van der Waals surface area contributed by atoms with Crippen LogP contribution >= 0.6 is 0 Å². The molecule has 3 aromatic heterocycles. The molecule has 186 valence electrons. The Hall–Kier alpha value is -5.66. The highest BCUT2D eigenvalue weighted by Gasteiger charge is 2.20. The number of benzene rings is 5. The highest BCUT2D eigenvalue weighted by atomic mass is 15.0. The first-order valence-electron chi connectivity index (χ1n) is 13.3. The van der Waals surface area contributed by atoms with E-state index in [1.165, 1.54) is 10.8 Å². The smallest absolute Gasteiger partial charge is 0.0991 e. The maximum Gasteiger partial charge on any atom is 0.0991 e. The standard InChI is InChI=1S/C36H22N4/c37-22-24-17-18-35(40-34-16-8-4-12-28(34)30-23-38-20-19-36(30)40)29(21-24)27-11-3-7-15-33(27)39-31-13-5-1-9-25(31)26-10-2-6-14-32(26)39/h1-21,23H. The van der Waals surface area contributed by atoms with E-state index >= 15 is 0 Å². The molecular formula is C36H22N4. The zero-order valence-corrected chi connectivity index (χ0v) is 21.5. The lowest BCUT2D eigenvalue weighted by atomic mass is 9.98. The van der Waals surface area contributed by atoms with Gasteiger partial charge in [-0.1, -0.05) is 72.8 Å². The van der Waals surface area contributed by atoms with E-state index in [0.717, 1.165) is 55.3 Å². The van der Waals surface area contributed by atoms with Crippen molar-refractivity contribution in [1.82, 2.24) is 14.1 Å². The van der Waals surface area contributed by atoms with Crippen LogP contribution in [-0.4, -0.2) is 14.1 Å². The van der Waals surface area contributed by atoms with E-state index in [4.69, 9.17) is 0 Å². The molecule has 0 bridgehead atoms. The number of hydrogen-bond acceptors (Lipinski definition) is 2. The van der Waals surface area contributed by atoms with Gasteiger partial charge in [0.2, 0.25) is 0 Å². The van der Waals surface area contributed by atoms with E-state index in [9.17, 15) is 5.26 Å². The Bertz CT molecular complexity index is 2190. The lowest BCUT2D eigenvalue weighted by Gasteiger charge is -2.18. The molecule has 8 rings (SSSR count). The van der Waals surface area contributed by atoms with Crippen molar-refractivity contribution in [2.75, 3.05) is 0 Å². The summed E-state index contributed by atoms with van der Waals surface area (Å²) >= 11 is 0. The molecule has 0 unspecified atom stereocenters. The first-order valence-corrected chi connectivity index (χ1v) is 13.3.